The van der Waals surface area contributed by atoms with Crippen molar-refractivity contribution >= 4 is 23.5 Å². The molecule has 13 heteroatoms. The van der Waals surface area contributed by atoms with E-state index in [2.05, 4.69) is 21.9 Å². The Hall–Kier alpha value is -5.72. The van der Waals surface area contributed by atoms with Gasteiger partial charge in [-0.3, -0.25) is 14.5 Å². The molecule has 4 heterocycles. The van der Waals surface area contributed by atoms with Crippen molar-refractivity contribution in [2.45, 2.75) is 25.1 Å². The minimum absolute atomic E-state index is 0.0577. The standard InChI is InChI=1S/C33H27F3N6O4/c1-2-28(43)41-17-14-23(19-41)29-26-13-16-38-31(40-32(44)45-20-21-6-4-3-5-7-21)42(26)30(39-29)22-8-10-25(11-9-22)46-27-18-24(12-15-37-27)33(34,35)36/h2-13,15-16,18,23H,1,14,17,19-20H2,(H,38,40,44). The van der Waals surface area contributed by atoms with Crippen LogP contribution in [0.25, 0.3) is 16.9 Å². The molecule has 2 aromatic carbocycles. The van der Waals surface area contributed by atoms with E-state index in [1.807, 2.05) is 30.3 Å². The van der Waals surface area contributed by atoms with Crippen molar-refractivity contribution in [2.24, 2.45) is 0 Å². The molecule has 2 amide bonds. The van der Waals surface area contributed by atoms with Crippen LogP contribution in [0.15, 0.2) is 97.8 Å². The summed E-state index contributed by atoms with van der Waals surface area (Å²) in [7, 11) is 0. The number of rotatable bonds is 8. The molecule has 0 saturated carbocycles. The Bertz CT molecular complexity index is 1890. The van der Waals surface area contributed by atoms with Crippen LogP contribution >= 0.6 is 0 Å². The van der Waals surface area contributed by atoms with Crippen LogP contribution in [0.1, 0.15) is 29.2 Å². The lowest BCUT2D eigenvalue weighted by Crippen LogP contribution is -2.26. The summed E-state index contributed by atoms with van der Waals surface area (Å²) < 4.78 is 52.1. The zero-order chi connectivity index (χ0) is 32.3. The fourth-order valence-corrected chi connectivity index (χ4v) is 5.24. The van der Waals surface area contributed by atoms with E-state index in [0.717, 1.165) is 23.9 Å². The molecule has 0 bridgehead atoms. The van der Waals surface area contributed by atoms with Gasteiger partial charge < -0.3 is 14.4 Å². The average molecular weight is 629 g/mol. The van der Waals surface area contributed by atoms with E-state index < -0.39 is 17.8 Å². The number of halogens is 3. The second kappa shape index (κ2) is 12.7. The third kappa shape index (κ3) is 6.53. The molecule has 6 rings (SSSR count). The van der Waals surface area contributed by atoms with Gasteiger partial charge in [-0.25, -0.2) is 19.7 Å². The van der Waals surface area contributed by atoms with Gasteiger partial charge in [0.05, 0.1) is 16.8 Å². The summed E-state index contributed by atoms with van der Waals surface area (Å²) in [6.07, 6.45) is -0.710. The van der Waals surface area contributed by atoms with Crippen molar-refractivity contribution in [1.29, 1.82) is 0 Å². The number of benzene rings is 2. The Morgan fingerprint density at radius 2 is 1.78 bits per heavy atom. The van der Waals surface area contributed by atoms with Crippen LogP contribution in [0.3, 0.4) is 0 Å². The predicted octanol–water partition coefficient (Wildman–Crippen LogP) is 6.85. The number of carbonyl (C=O) groups excluding carboxylic acids is 2. The number of ether oxygens (including phenoxy) is 2. The topological polar surface area (TPSA) is 111 Å². The van der Waals surface area contributed by atoms with Gasteiger partial charge in [-0.15, -0.1) is 0 Å². The van der Waals surface area contributed by atoms with Crippen molar-refractivity contribution in [1.82, 2.24) is 24.3 Å². The maximum atomic E-state index is 13.1. The number of anilines is 1. The first-order valence-electron chi connectivity index (χ1n) is 14.3. The predicted molar refractivity (Wildman–Crippen MR) is 162 cm³/mol. The van der Waals surface area contributed by atoms with Gasteiger partial charge in [-0.05, 0) is 54.5 Å². The molecule has 5 aromatic rings. The third-order valence-electron chi connectivity index (χ3n) is 7.47. The molecular weight excluding hydrogens is 601 g/mol. The maximum Gasteiger partial charge on any atom is 0.416 e. The normalized spacial score (nSPS) is 14.7. The van der Waals surface area contributed by atoms with Crippen LogP contribution in [0.4, 0.5) is 23.9 Å². The van der Waals surface area contributed by atoms with E-state index in [1.165, 1.54) is 6.08 Å². The summed E-state index contributed by atoms with van der Waals surface area (Å²) in [5.41, 5.74) is 1.94. The number of hydrogen-bond donors (Lipinski definition) is 1. The summed E-state index contributed by atoms with van der Waals surface area (Å²) in [6.45, 7) is 4.63. The second-order valence-electron chi connectivity index (χ2n) is 10.5. The third-order valence-corrected chi connectivity index (χ3v) is 7.47. The number of amides is 2. The fraction of sp³-hybridized carbons (Fsp3) is 0.182. The van der Waals surface area contributed by atoms with Gasteiger partial charge in [-0.1, -0.05) is 36.9 Å². The highest BCUT2D eigenvalue weighted by Gasteiger charge is 2.32. The number of aromatic nitrogens is 4. The number of carbonyl (C=O) groups is 2. The van der Waals surface area contributed by atoms with Crippen LogP contribution in [0.5, 0.6) is 11.6 Å². The molecule has 0 spiro atoms. The molecular formula is C33H27F3N6O4. The first-order valence-corrected chi connectivity index (χ1v) is 14.3. The van der Waals surface area contributed by atoms with Crippen molar-refractivity contribution in [3.63, 3.8) is 0 Å². The first kappa shape index (κ1) is 30.3. The zero-order valence-electron chi connectivity index (χ0n) is 24.3. The smallest absolute Gasteiger partial charge is 0.416 e. The molecule has 0 aliphatic carbocycles. The average Bonchev–Trinajstić information content (AvgIpc) is 3.70. The van der Waals surface area contributed by atoms with Gasteiger partial charge >= 0.3 is 12.3 Å². The molecule has 1 aliphatic rings. The number of nitrogens with zero attached hydrogens (tertiary/aromatic N) is 5. The highest BCUT2D eigenvalue weighted by molar-refractivity contribution is 5.87. The van der Waals surface area contributed by atoms with Crippen LogP contribution in [0, 0.1) is 0 Å². The van der Waals surface area contributed by atoms with E-state index in [9.17, 15) is 22.8 Å². The molecule has 234 valence electrons. The highest BCUT2D eigenvalue weighted by atomic mass is 19.4. The molecule has 1 N–H and O–H groups in total. The molecule has 46 heavy (non-hydrogen) atoms. The van der Waals surface area contributed by atoms with E-state index in [-0.39, 0.29) is 36.0 Å². The zero-order valence-corrected chi connectivity index (χ0v) is 24.3. The summed E-state index contributed by atoms with van der Waals surface area (Å²) in [5, 5.41) is 2.71. The van der Waals surface area contributed by atoms with Crippen molar-refractivity contribution < 1.29 is 32.2 Å². The van der Waals surface area contributed by atoms with Crippen LogP contribution in [-0.4, -0.2) is 49.3 Å². The highest BCUT2D eigenvalue weighted by Crippen LogP contribution is 2.36. The quantitative estimate of drug-likeness (QED) is 0.187. The molecule has 1 fully saturated rings. The van der Waals surface area contributed by atoms with Gasteiger partial charge in [0, 0.05) is 43.0 Å². The number of imidazole rings is 1. The summed E-state index contributed by atoms with van der Waals surface area (Å²) >= 11 is 0. The Balaban J connectivity index is 1.32. The van der Waals surface area contributed by atoms with Crippen LogP contribution in [-0.2, 0) is 22.3 Å². The Kier molecular flexibility index (Phi) is 8.38. The van der Waals surface area contributed by atoms with E-state index >= 15 is 0 Å². The molecule has 3 aromatic heterocycles. The van der Waals surface area contributed by atoms with Gasteiger partial charge in [0.25, 0.3) is 0 Å². The molecule has 1 atom stereocenters. The largest absolute Gasteiger partial charge is 0.444 e. The number of alkyl halides is 3. The van der Waals surface area contributed by atoms with Crippen molar-refractivity contribution in [3.05, 3.63) is 115 Å². The fourth-order valence-electron chi connectivity index (χ4n) is 5.24. The van der Waals surface area contributed by atoms with E-state index in [1.54, 1.807) is 45.8 Å². The number of likely N-dealkylation sites (tertiary alicyclic amines) is 1. The molecule has 1 aliphatic heterocycles. The second-order valence-corrected chi connectivity index (χ2v) is 10.5. The number of nitrogens with one attached hydrogen (secondary N) is 1. The van der Waals surface area contributed by atoms with Gasteiger partial charge in [0.2, 0.25) is 17.7 Å². The Morgan fingerprint density at radius 1 is 1.02 bits per heavy atom. The van der Waals surface area contributed by atoms with Gasteiger partial charge in [0.15, 0.2) is 0 Å². The minimum Gasteiger partial charge on any atom is -0.444 e. The van der Waals surface area contributed by atoms with E-state index in [0.29, 0.717) is 42.1 Å². The van der Waals surface area contributed by atoms with E-state index in [4.69, 9.17) is 14.5 Å². The summed E-state index contributed by atoms with van der Waals surface area (Å²) in [6, 6.07) is 19.2. The SMILES string of the molecule is C=CC(=O)N1CCC(c2nc(-c3ccc(Oc4cc(C(F)(F)F)ccn4)cc3)n3c(NC(=O)OCc4ccccc4)nccc23)C1. The van der Waals surface area contributed by atoms with Crippen molar-refractivity contribution in [2.75, 3.05) is 18.4 Å². The van der Waals surface area contributed by atoms with Gasteiger partial charge in [-0.2, -0.15) is 13.2 Å². The Labute approximate surface area is 261 Å². The number of pyridine rings is 1. The van der Waals surface area contributed by atoms with Gasteiger partial charge in [0.1, 0.15) is 18.2 Å². The molecule has 1 saturated heterocycles. The molecule has 1 unspecified atom stereocenters. The maximum absolute atomic E-state index is 13.1. The minimum atomic E-state index is -4.53. The summed E-state index contributed by atoms with van der Waals surface area (Å²) in [4.78, 5) is 40.1. The lowest BCUT2D eigenvalue weighted by atomic mass is 10.0. The summed E-state index contributed by atoms with van der Waals surface area (Å²) in [5.74, 6) is 0.390. The first-order chi connectivity index (χ1) is 22.2. The number of hydrogen-bond acceptors (Lipinski definition) is 7. The van der Waals surface area contributed by atoms with Crippen LogP contribution < -0.4 is 10.1 Å². The van der Waals surface area contributed by atoms with Crippen LogP contribution in [0.2, 0.25) is 0 Å². The lowest BCUT2D eigenvalue weighted by molar-refractivity contribution is -0.137. The lowest BCUT2D eigenvalue weighted by Gasteiger charge is -2.13. The monoisotopic (exact) mass is 628 g/mol. The molecule has 0 radical (unpaired) electrons. The number of fused-ring (bicyclic) bond motifs is 1. The Morgan fingerprint density at radius 3 is 2.52 bits per heavy atom. The van der Waals surface area contributed by atoms with Crippen molar-refractivity contribution in [3.8, 4) is 23.0 Å². The molecule has 10 nitrogen and oxygen atoms in total.